The van der Waals surface area contributed by atoms with Gasteiger partial charge in [0.05, 0.1) is 24.6 Å². The van der Waals surface area contributed by atoms with Gasteiger partial charge in [0.25, 0.3) is 0 Å². The quantitative estimate of drug-likeness (QED) is 0.347. The summed E-state index contributed by atoms with van der Waals surface area (Å²) in [6.07, 6.45) is 0.577. The lowest BCUT2D eigenvalue weighted by Gasteiger charge is -2.10. The van der Waals surface area contributed by atoms with Crippen LogP contribution in [0.15, 0.2) is 30.4 Å². The molecule has 5 heteroatoms. The number of anilines is 2. The predicted octanol–water partition coefficient (Wildman–Crippen LogP) is 1.74. The van der Waals surface area contributed by atoms with Gasteiger partial charge in [-0.2, -0.15) is 0 Å². The van der Waals surface area contributed by atoms with Gasteiger partial charge in [0.15, 0.2) is 0 Å². The molecule has 1 aromatic rings. The van der Waals surface area contributed by atoms with E-state index in [9.17, 15) is 4.79 Å². The topological polar surface area (TPSA) is 87.6 Å². The number of ether oxygens (including phenoxy) is 2. The number of nitrogen functional groups attached to an aromatic ring is 2. The molecule has 0 fully saturated rings. The van der Waals surface area contributed by atoms with E-state index in [1.165, 1.54) is 0 Å². The van der Waals surface area contributed by atoms with Crippen molar-refractivity contribution in [1.29, 1.82) is 0 Å². The fraction of sp³-hybridized carbons (Fsp3) is 0.308. The summed E-state index contributed by atoms with van der Waals surface area (Å²) < 4.78 is 10.4. The lowest BCUT2D eigenvalue weighted by molar-refractivity contribution is -0.139. The number of hydrogen-bond acceptors (Lipinski definition) is 5. The van der Waals surface area contributed by atoms with Gasteiger partial charge in [-0.1, -0.05) is 12.6 Å². The first-order valence-corrected chi connectivity index (χ1v) is 5.61. The molecule has 0 heterocycles. The van der Waals surface area contributed by atoms with Crippen molar-refractivity contribution >= 4 is 17.3 Å². The highest BCUT2D eigenvalue weighted by Crippen LogP contribution is 2.26. The number of carbonyl (C=O) groups is 1. The summed E-state index contributed by atoms with van der Waals surface area (Å²) in [4.78, 5) is 11.1. The Hall–Kier alpha value is -2.17. The largest absolute Gasteiger partial charge is 0.491 e. The van der Waals surface area contributed by atoms with Gasteiger partial charge in [0.2, 0.25) is 0 Å². The van der Waals surface area contributed by atoms with Crippen LogP contribution in [0.5, 0.6) is 5.75 Å². The second-order valence-corrected chi connectivity index (χ2v) is 3.88. The first-order valence-electron chi connectivity index (χ1n) is 5.61. The van der Waals surface area contributed by atoms with Crippen LogP contribution in [0.4, 0.5) is 11.4 Å². The van der Waals surface area contributed by atoms with Crippen LogP contribution in [0.2, 0.25) is 0 Å². The normalized spacial score (nSPS) is 9.83. The second kappa shape index (κ2) is 6.54. The molecule has 0 atom stereocenters. The van der Waals surface area contributed by atoms with Crippen LogP contribution in [0.3, 0.4) is 0 Å². The van der Waals surface area contributed by atoms with Crippen molar-refractivity contribution in [2.45, 2.75) is 13.3 Å². The summed E-state index contributed by atoms with van der Waals surface area (Å²) in [6, 6.07) is 5.21. The first kappa shape index (κ1) is 13.9. The number of esters is 1. The standard InChI is InChI=1S/C13H18N2O3/c1-9(2)13(16)18-8-4-7-17-11-6-3-5-10(14)12(11)15/h3,5-6H,1,4,7-8,14-15H2,2H3. The number of rotatable bonds is 6. The molecule has 0 radical (unpaired) electrons. The highest BCUT2D eigenvalue weighted by atomic mass is 16.5. The number of nitrogens with two attached hydrogens (primary N) is 2. The Balaban J connectivity index is 2.28. The SMILES string of the molecule is C=C(C)C(=O)OCCCOc1cccc(N)c1N. The van der Waals surface area contributed by atoms with Gasteiger partial charge in [-0.3, -0.25) is 0 Å². The minimum Gasteiger partial charge on any atom is -0.491 e. The Kier molecular flexibility index (Phi) is 5.05. The molecule has 0 amide bonds. The number of para-hydroxylation sites is 1. The lowest BCUT2D eigenvalue weighted by Crippen LogP contribution is -2.09. The number of carbonyl (C=O) groups excluding carboxylic acids is 1. The van der Waals surface area contributed by atoms with Gasteiger partial charge < -0.3 is 20.9 Å². The van der Waals surface area contributed by atoms with Gasteiger partial charge in [-0.25, -0.2) is 4.79 Å². The maximum absolute atomic E-state index is 11.1. The Morgan fingerprint density at radius 2 is 2.06 bits per heavy atom. The van der Waals surface area contributed by atoms with Crippen LogP contribution >= 0.6 is 0 Å². The Bertz CT molecular complexity index is 444. The van der Waals surface area contributed by atoms with Crippen LogP contribution in [-0.2, 0) is 9.53 Å². The summed E-state index contributed by atoms with van der Waals surface area (Å²) >= 11 is 0. The molecule has 1 aromatic carbocycles. The minimum atomic E-state index is -0.390. The zero-order chi connectivity index (χ0) is 13.5. The van der Waals surface area contributed by atoms with Crippen LogP contribution in [-0.4, -0.2) is 19.2 Å². The molecule has 0 aromatic heterocycles. The fourth-order valence-electron chi connectivity index (χ4n) is 1.22. The third kappa shape index (κ3) is 4.01. The van der Waals surface area contributed by atoms with E-state index in [4.69, 9.17) is 20.9 Å². The number of benzene rings is 1. The van der Waals surface area contributed by atoms with E-state index in [0.717, 1.165) is 0 Å². The van der Waals surface area contributed by atoms with Gasteiger partial charge in [-0.15, -0.1) is 0 Å². The maximum Gasteiger partial charge on any atom is 0.333 e. The molecule has 0 spiro atoms. The molecular weight excluding hydrogens is 232 g/mol. The highest BCUT2D eigenvalue weighted by molar-refractivity contribution is 5.86. The average molecular weight is 250 g/mol. The lowest BCUT2D eigenvalue weighted by atomic mass is 10.2. The van der Waals surface area contributed by atoms with Crippen molar-refractivity contribution in [3.63, 3.8) is 0 Å². The first-order chi connectivity index (χ1) is 8.52. The Labute approximate surface area is 106 Å². The molecule has 0 saturated carbocycles. The van der Waals surface area contributed by atoms with Gasteiger partial charge in [-0.05, 0) is 19.1 Å². The molecule has 0 aliphatic rings. The maximum atomic E-state index is 11.1. The minimum absolute atomic E-state index is 0.286. The zero-order valence-corrected chi connectivity index (χ0v) is 10.4. The Morgan fingerprint density at radius 1 is 1.33 bits per heavy atom. The molecule has 0 saturated heterocycles. The van der Waals surface area contributed by atoms with Gasteiger partial charge in [0.1, 0.15) is 5.75 Å². The van der Waals surface area contributed by atoms with E-state index in [1.807, 2.05) is 0 Å². The van der Waals surface area contributed by atoms with E-state index < -0.39 is 5.97 Å². The summed E-state index contributed by atoms with van der Waals surface area (Å²) in [5.74, 6) is 0.152. The van der Waals surface area contributed by atoms with Crippen LogP contribution in [0.1, 0.15) is 13.3 Å². The smallest absolute Gasteiger partial charge is 0.333 e. The molecule has 0 aliphatic heterocycles. The molecule has 0 unspecified atom stereocenters. The highest BCUT2D eigenvalue weighted by Gasteiger charge is 2.04. The summed E-state index contributed by atoms with van der Waals surface area (Å²) in [5.41, 5.74) is 12.7. The van der Waals surface area contributed by atoms with Crippen molar-refractivity contribution < 1.29 is 14.3 Å². The van der Waals surface area contributed by atoms with Crippen molar-refractivity contribution in [2.24, 2.45) is 0 Å². The van der Waals surface area contributed by atoms with E-state index >= 15 is 0 Å². The van der Waals surface area contributed by atoms with E-state index in [-0.39, 0.29) is 6.61 Å². The van der Waals surface area contributed by atoms with Gasteiger partial charge in [0, 0.05) is 12.0 Å². The van der Waals surface area contributed by atoms with Crippen molar-refractivity contribution in [3.05, 3.63) is 30.4 Å². The molecule has 0 bridgehead atoms. The zero-order valence-electron chi connectivity index (χ0n) is 10.4. The van der Waals surface area contributed by atoms with Crippen LogP contribution < -0.4 is 16.2 Å². The monoisotopic (exact) mass is 250 g/mol. The average Bonchev–Trinajstić information content (AvgIpc) is 2.33. The molecule has 18 heavy (non-hydrogen) atoms. The van der Waals surface area contributed by atoms with E-state index in [2.05, 4.69) is 6.58 Å². The summed E-state index contributed by atoms with van der Waals surface area (Å²) in [6.45, 7) is 5.78. The van der Waals surface area contributed by atoms with E-state index in [1.54, 1.807) is 25.1 Å². The van der Waals surface area contributed by atoms with Crippen molar-refractivity contribution in [1.82, 2.24) is 0 Å². The predicted molar refractivity (Wildman–Crippen MR) is 71.2 cm³/mol. The third-order valence-corrected chi connectivity index (χ3v) is 2.23. The molecule has 98 valence electrons. The molecular formula is C13H18N2O3. The van der Waals surface area contributed by atoms with Crippen molar-refractivity contribution in [3.8, 4) is 5.75 Å². The molecule has 5 nitrogen and oxygen atoms in total. The molecule has 1 rings (SSSR count). The summed E-state index contributed by atoms with van der Waals surface area (Å²) in [7, 11) is 0. The van der Waals surface area contributed by atoms with Crippen LogP contribution in [0, 0.1) is 0 Å². The van der Waals surface area contributed by atoms with Crippen molar-refractivity contribution in [2.75, 3.05) is 24.7 Å². The molecule has 0 aliphatic carbocycles. The van der Waals surface area contributed by atoms with E-state index in [0.29, 0.717) is 35.7 Å². The summed E-state index contributed by atoms with van der Waals surface area (Å²) in [5, 5.41) is 0. The number of hydrogen-bond donors (Lipinski definition) is 2. The van der Waals surface area contributed by atoms with Crippen LogP contribution in [0.25, 0.3) is 0 Å². The molecule has 4 N–H and O–H groups in total. The second-order valence-electron chi connectivity index (χ2n) is 3.88. The van der Waals surface area contributed by atoms with Gasteiger partial charge >= 0.3 is 5.97 Å². The third-order valence-electron chi connectivity index (χ3n) is 2.23. The fourth-order valence-corrected chi connectivity index (χ4v) is 1.22. The Morgan fingerprint density at radius 3 is 2.72 bits per heavy atom.